The van der Waals surface area contributed by atoms with Gasteiger partial charge in [0.05, 0.1) is 0 Å². The summed E-state index contributed by atoms with van der Waals surface area (Å²) in [5, 5.41) is 13.3. The predicted molar refractivity (Wildman–Crippen MR) is 78.9 cm³/mol. The molecule has 118 valence electrons. The second-order valence-electron chi connectivity index (χ2n) is 5.57. The Morgan fingerprint density at radius 1 is 1.33 bits per heavy atom. The van der Waals surface area contributed by atoms with Gasteiger partial charge in [-0.2, -0.15) is 0 Å². The van der Waals surface area contributed by atoms with Crippen molar-refractivity contribution in [2.24, 2.45) is 5.92 Å². The summed E-state index contributed by atoms with van der Waals surface area (Å²) in [6.07, 6.45) is 1.55. The average Bonchev–Trinajstić information content (AvgIpc) is 2.53. The van der Waals surface area contributed by atoms with Gasteiger partial charge in [-0.05, 0) is 49.9 Å². The maximum Gasteiger partial charge on any atom is 0.123 e. The number of hydrogen-bond acceptors (Lipinski definition) is 4. The Labute approximate surface area is 125 Å². The van der Waals surface area contributed by atoms with Crippen molar-refractivity contribution in [1.82, 2.24) is 5.32 Å². The summed E-state index contributed by atoms with van der Waals surface area (Å²) in [4.78, 5) is 0. The molecule has 0 aromatic heterocycles. The van der Waals surface area contributed by atoms with Crippen LogP contribution in [0.4, 0.5) is 4.39 Å². The normalized spacial score (nSPS) is 19.2. The molecule has 1 aromatic rings. The topological polar surface area (TPSA) is 50.7 Å². The van der Waals surface area contributed by atoms with Crippen molar-refractivity contribution in [3.8, 4) is 5.75 Å². The first-order valence-corrected chi connectivity index (χ1v) is 7.52. The summed E-state index contributed by atoms with van der Waals surface area (Å²) in [5.74, 6) is 0.867. The number of ether oxygens (including phenoxy) is 2. The highest BCUT2D eigenvalue weighted by molar-refractivity contribution is 5.22. The lowest BCUT2D eigenvalue weighted by molar-refractivity contribution is 0.0512. The van der Waals surface area contributed by atoms with E-state index in [1.807, 2.05) is 0 Å². The lowest BCUT2D eigenvalue weighted by Crippen LogP contribution is -2.41. The van der Waals surface area contributed by atoms with E-state index in [1.165, 1.54) is 12.1 Å². The van der Waals surface area contributed by atoms with Crippen LogP contribution in [0.3, 0.4) is 0 Å². The molecule has 1 heterocycles. The summed E-state index contributed by atoms with van der Waals surface area (Å²) in [7, 11) is 0. The van der Waals surface area contributed by atoms with E-state index in [4.69, 9.17) is 9.47 Å². The zero-order chi connectivity index (χ0) is 15.1. The van der Waals surface area contributed by atoms with Crippen LogP contribution in [0.25, 0.3) is 0 Å². The van der Waals surface area contributed by atoms with Crippen LogP contribution in [0.15, 0.2) is 24.3 Å². The maximum absolute atomic E-state index is 12.7. The predicted octanol–water partition coefficient (Wildman–Crippen LogP) is 1.97. The molecule has 2 N–H and O–H groups in total. The fourth-order valence-electron chi connectivity index (χ4n) is 2.49. The number of benzene rings is 1. The lowest BCUT2D eigenvalue weighted by Gasteiger charge is -2.29. The van der Waals surface area contributed by atoms with Crippen molar-refractivity contribution in [1.29, 1.82) is 0 Å². The summed E-state index contributed by atoms with van der Waals surface area (Å²) >= 11 is 0. The van der Waals surface area contributed by atoms with E-state index in [2.05, 4.69) is 12.2 Å². The Balaban J connectivity index is 1.64. The molecule has 2 atom stereocenters. The van der Waals surface area contributed by atoms with Crippen molar-refractivity contribution < 1.29 is 19.0 Å². The molecule has 21 heavy (non-hydrogen) atoms. The average molecular weight is 297 g/mol. The van der Waals surface area contributed by atoms with E-state index in [-0.39, 0.29) is 12.4 Å². The molecule has 1 aromatic carbocycles. The van der Waals surface area contributed by atoms with E-state index >= 15 is 0 Å². The Morgan fingerprint density at radius 3 is 2.67 bits per heavy atom. The minimum Gasteiger partial charge on any atom is -0.491 e. The SMILES string of the molecule is CC(NCC(O)COc1ccc(F)cc1)C1CCOCC1. The summed E-state index contributed by atoms with van der Waals surface area (Å²) in [6, 6.07) is 6.15. The molecule has 0 spiro atoms. The van der Waals surface area contributed by atoms with Crippen molar-refractivity contribution in [2.45, 2.75) is 31.9 Å². The molecule has 1 saturated heterocycles. The Morgan fingerprint density at radius 2 is 2.00 bits per heavy atom. The van der Waals surface area contributed by atoms with E-state index < -0.39 is 6.10 Å². The van der Waals surface area contributed by atoms with Gasteiger partial charge in [0.15, 0.2) is 0 Å². The Hall–Kier alpha value is -1.17. The molecular formula is C16H24FNO3. The Bertz CT molecular complexity index is 406. The monoisotopic (exact) mass is 297 g/mol. The fourth-order valence-corrected chi connectivity index (χ4v) is 2.49. The molecule has 1 aliphatic heterocycles. The molecule has 0 amide bonds. The van der Waals surface area contributed by atoms with E-state index in [0.29, 0.717) is 24.3 Å². The van der Waals surface area contributed by atoms with E-state index in [0.717, 1.165) is 26.1 Å². The van der Waals surface area contributed by atoms with Gasteiger partial charge in [-0.3, -0.25) is 0 Å². The fraction of sp³-hybridized carbons (Fsp3) is 0.625. The Kier molecular flexibility index (Phi) is 6.42. The largest absolute Gasteiger partial charge is 0.491 e. The first kappa shape index (κ1) is 16.2. The molecule has 0 aliphatic carbocycles. The molecule has 2 unspecified atom stereocenters. The maximum atomic E-state index is 12.7. The van der Waals surface area contributed by atoms with Crippen molar-refractivity contribution in [3.05, 3.63) is 30.1 Å². The van der Waals surface area contributed by atoms with Gasteiger partial charge in [0.1, 0.15) is 24.3 Å². The van der Waals surface area contributed by atoms with Gasteiger partial charge in [0, 0.05) is 25.8 Å². The van der Waals surface area contributed by atoms with E-state index in [1.54, 1.807) is 12.1 Å². The number of halogens is 1. The van der Waals surface area contributed by atoms with Crippen molar-refractivity contribution >= 4 is 0 Å². The highest BCUT2D eigenvalue weighted by Crippen LogP contribution is 2.18. The molecule has 0 bridgehead atoms. The van der Waals surface area contributed by atoms with Gasteiger partial charge in [-0.15, -0.1) is 0 Å². The third kappa shape index (κ3) is 5.61. The number of aliphatic hydroxyl groups is 1. The van der Waals surface area contributed by atoms with Crippen LogP contribution in [0.5, 0.6) is 5.75 Å². The molecular weight excluding hydrogens is 273 g/mol. The zero-order valence-corrected chi connectivity index (χ0v) is 12.4. The summed E-state index contributed by atoms with van der Waals surface area (Å²) < 4.78 is 23.5. The van der Waals surface area contributed by atoms with Gasteiger partial charge in [0.25, 0.3) is 0 Å². The van der Waals surface area contributed by atoms with Crippen LogP contribution in [-0.4, -0.2) is 43.6 Å². The smallest absolute Gasteiger partial charge is 0.123 e. The molecule has 4 nitrogen and oxygen atoms in total. The van der Waals surface area contributed by atoms with Gasteiger partial charge < -0.3 is 19.9 Å². The van der Waals surface area contributed by atoms with Crippen LogP contribution < -0.4 is 10.1 Å². The third-order valence-electron chi connectivity index (χ3n) is 3.90. The van der Waals surface area contributed by atoms with Gasteiger partial charge in [0.2, 0.25) is 0 Å². The number of hydrogen-bond donors (Lipinski definition) is 2. The number of aliphatic hydroxyl groups excluding tert-OH is 1. The van der Waals surface area contributed by atoms with Gasteiger partial charge >= 0.3 is 0 Å². The van der Waals surface area contributed by atoms with E-state index in [9.17, 15) is 9.50 Å². The van der Waals surface area contributed by atoms with Crippen LogP contribution in [0.1, 0.15) is 19.8 Å². The molecule has 2 rings (SSSR count). The minimum absolute atomic E-state index is 0.194. The highest BCUT2D eigenvalue weighted by atomic mass is 19.1. The second kappa shape index (κ2) is 8.32. The quantitative estimate of drug-likeness (QED) is 0.808. The van der Waals surface area contributed by atoms with Crippen LogP contribution >= 0.6 is 0 Å². The van der Waals surface area contributed by atoms with Crippen LogP contribution in [0.2, 0.25) is 0 Å². The highest BCUT2D eigenvalue weighted by Gasteiger charge is 2.20. The first-order valence-electron chi connectivity index (χ1n) is 7.52. The van der Waals surface area contributed by atoms with Crippen molar-refractivity contribution in [2.75, 3.05) is 26.4 Å². The molecule has 1 aliphatic rings. The standard InChI is InChI=1S/C16H24FNO3/c1-12(13-6-8-20-9-7-13)18-10-15(19)11-21-16-4-2-14(17)3-5-16/h2-5,12-13,15,18-19H,6-11H2,1H3. The zero-order valence-electron chi connectivity index (χ0n) is 12.4. The summed E-state index contributed by atoms with van der Waals surface area (Å²) in [5.41, 5.74) is 0. The van der Waals surface area contributed by atoms with Crippen molar-refractivity contribution in [3.63, 3.8) is 0 Å². The van der Waals surface area contributed by atoms with Crippen LogP contribution in [-0.2, 0) is 4.74 Å². The third-order valence-corrected chi connectivity index (χ3v) is 3.90. The van der Waals surface area contributed by atoms with Gasteiger partial charge in [-0.25, -0.2) is 4.39 Å². The number of rotatable bonds is 7. The number of nitrogens with one attached hydrogen (secondary N) is 1. The molecule has 1 fully saturated rings. The molecule has 0 saturated carbocycles. The second-order valence-corrected chi connectivity index (χ2v) is 5.57. The molecule has 5 heteroatoms. The summed E-state index contributed by atoms with van der Waals surface area (Å²) in [6.45, 7) is 4.47. The van der Waals surface area contributed by atoms with Gasteiger partial charge in [-0.1, -0.05) is 0 Å². The first-order chi connectivity index (χ1) is 10.1. The lowest BCUT2D eigenvalue weighted by atomic mass is 9.93. The minimum atomic E-state index is -0.586. The molecule has 0 radical (unpaired) electrons. The van der Waals surface area contributed by atoms with Crippen LogP contribution in [0, 0.1) is 11.7 Å².